The molecule has 0 aromatic heterocycles. The van der Waals surface area contributed by atoms with Crippen molar-refractivity contribution in [2.45, 2.75) is 32.1 Å². The third-order valence-electron chi connectivity index (χ3n) is 11.1. The van der Waals surface area contributed by atoms with Crippen molar-refractivity contribution in [1.29, 1.82) is 0 Å². The minimum absolute atomic E-state index is 0.0940. The van der Waals surface area contributed by atoms with Gasteiger partial charge in [-0.2, -0.15) is 0 Å². The van der Waals surface area contributed by atoms with Gasteiger partial charge in [0.05, 0.1) is 5.69 Å². The van der Waals surface area contributed by atoms with Crippen LogP contribution in [0.1, 0.15) is 36.1 Å². The van der Waals surface area contributed by atoms with Gasteiger partial charge in [0.25, 0.3) is 0 Å². The molecule has 0 bridgehead atoms. The van der Waals surface area contributed by atoms with Gasteiger partial charge in [-0.1, -0.05) is 153 Å². The van der Waals surface area contributed by atoms with Crippen LogP contribution in [0.5, 0.6) is 0 Å². The average Bonchev–Trinajstić information content (AvgIpc) is 3.30. The Balaban J connectivity index is 1.34. The van der Waals surface area contributed by atoms with Crippen LogP contribution >= 0.6 is 0 Å². The van der Waals surface area contributed by atoms with E-state index in [1.54, 1.807) is 0 Å². The van der Waals surface area contributed by atoms with Crippen molar-refractivity contribution in [3.63, 3.8) is 0 Å². The highest BCUT2D eigenvalue weighted by Crippen LogP contribution is 2.54. The summed E-state index contributed by atoms with van der Waals surface area (Å²) in [7, 11) is 0. The first kappa shape index (κ1) is 27.5. The summed E-state index contributed by atoms with van der Waals surface area (Å²) in [5, 5.41) is 7.79. The van der Waals surface area contributed by atoms with Crippen LogP contribution in [-0.4, -0.2) is 0 Å². The smallest absolute Gasteiger partial charge is 0.0619 e. The lowest BCUT2D eigenvalue weighted by Gasteiger charge is -2.35. The monoisotopic (exact) mass is 613 g/mol. The molecule has 228 valence electrons. The summed E-state index contributed by atoms with van der Waals surface area (Å²) in [4.78, 5) is 2.56. The van der Waals surface area contributed by atoms with E-state index >= 15 is 0 Å². The molecule has 8 aromatic rings. The van der Waals surface area contributed by atoms with E-state index in [4.69, 9.17) is 0 Å². The van der Waals surface area contributed by atoms with E-state index in [0.717, 1.165) is 12.8 Å². The van der Waals surface area contributed by atoms with Gasteiger partial charge in [-0.25, -0.2) is 0 Å². The number of hydrogen-bond acceptors (Lipinski definition) is 1. The summed E-state index contributed by atoms with van der Waals surface area (Å²) >= 11 is 0. The van der Waals surface area contributed by atoms with E-state index in [-0.39, 0.29) is 5.41 Å². The van der Waals surface area contributed by atoms with Crippen molar-refractivity contribution in [2.75, 3.05) is 4.90 Å². The first-order valence-corrected chi connectivity index (χ1v) is 17.2. The molecule has 0 saturated carbocycles. The molecule has 1 heteroatoms. The minimum Gasteiger partial charge on any atom is -0.309 e. The van der Waals surface area contributed by atoms with Gasteiger partial charge in [0.2, 0.25) is 0 Å². The van der Waals surface area contributed by atoms with Gasteiger partial charge in [-0.3, -0.25) is 0 Å². The fourth-order valence-corrected chi connectivity index (χ4v) is 8.94. The second-order valence-corrected chi connectivity index (χ2v) is 14.0. The molecule has 1 aliphatic heterocycles. The van der Waals surface area contributed by atoms with Crippen LogP contribution < -0.4 is 4.90 Å². The molecule has 2 aliphatic rings. The van der Waals surface area contributed by atoms with Crippen molar-refractivity contribution in [3.8, 4) is 22.3 Å². The number of para-hydroxylation sites is 2. The fourth-order valence-electron chi connectivity index (χ4n) is 8.94. The van der Waals surface area contributed by atoms with Crippen molar-refractivity contribution in [3.05, 3.63) is 174 Å². The summed E-state index contributed by atoms with van der Waals surface area (Å²) < 4.78 is 0. The molecule has 1 heterocycles. The van der Waals surface area contributed by atoms with Crippen molar-refractivity contribution in [2.24, 2.45) is 0 Å². The van der Waals surface area contributed by atoms with Gasteiger partial charge in [0.15, 0.2) is 0 Å². The van der Waals surface area contributed by atoms with Crippen LogP contribution in [0.25, 0.3) is 54.6 Å². The third kappa shape index (κ3) is 3.73. The quantitative estimate of drug-likeness (QED) is 0.175. The maximum Gasteiger partial charge on any atom is 0.0619 e. The zero-order chi connectivity index (χ0) is 32.0. The molecule has 0 N–H and O–H groups in total. The van der Waals surface area contributed by atoms with Crippen molar-refractivity contribution >= 4 is 49.4 Å². The predicted octanol–water partition coefficient (Wildman–Crippen LogP) is 12.7. The Kier molecular flexibility index (Phi) is 5.82. The predicted molar refractivity (Wildman–Crippen MR) is 204 cm³/mol. The Hall–Kier alpha value is -5.66. The number of rotatable bonds is 2. The summed E-state index contributed by atoms with van der Waals surface area (Å²) in [5.41, 5.74) is 14.6. The van der Waals surface area contributed by atoms with Crippen molar-refractivity contribution < 1.29 is 0 Å². The number of nitrogens with zero attached hydrogens (tertiary/aromatic N) is 1. The fraction of sp³-hybridized carbons (Fsp3) is 0.106. The second kappa shape index (κ2) is 10.2. The summed E-state index contributed by atoms with van der Waals surface area (Å²) in [6.45, 7) is 4.76. The molecule has 0 amide bonds. The van der Waals surface area contributed by atoms with E-state index < -0.39 is 0 Å². The lowest BCUT2D eigenvalue weighted by Crippen LogP contribution is -2.23. The normalized spacial score (nSPS) is 14.4. The summed E-state index contributed by atoms with van der Waals surface area (Å²) in [5.74, 6) is 0. The molecule has 0 atom stereocenters. The average molecular weight is 614 g/mol. The van der Waals surface area contributed by atoms with Crippen LogP contribution in [0, 0.1) is 0 Å². The molecule has 0 radical (unpaired) electrons. The molecular weight excluding hydrogens is 579 g/mol. The van der Waals surface area contributed by atoms with E-state index in [1.165, 1.54) is 93.9 Å². The zero-order valence-corrected chi connectivity index (χ0v) is 27.3. The highest BCUT2D eigenvalue weighted by atomic mass is 15.2. The number of anilines is 3. The molecule has 0 fully saturated rings. The van der Waals surface area contributed by atoms with Crippen LogP contribution in [0.3, 0.4) is 0 Å². The van der Waals surface area contributed by atoms with E-state index in [2.05, 4.69) is 170 Å². The largest absolute Gasteiger partial charge is 0.309 e. The molecule has 0 unspecified atom stereocenters. The highest BCUT2D eigenvalue weighted by Gasteiger charge is 2.34. The van der Waals surface area contributed by atoms with E-state index in [9.17, 15) is 0 Å². The lowest BCUT2D eigenvalue weighted by atomic mass is 9.68. The maximum absolute atomic E-state index is 2.56. The van der Waals surface area contributed by atoms with Gasteiger partial charge in [0.1, 0.15) is 0 Å². The molecule has 8 aromatic carbocycles. The van der Waals surface area contributed by atoms with Gasteiger partial charge >= 0.3 is 0 Å². The Bertz CT molecular complexity index is 2500. The number of fused-ring (bicyclic) bond motifs is 6. The third-order valence-corrected chi connectivity index (χ3v) is 11.1. The SMILES string of the molecule is CC1(C)c2ccccc2-c2ccc(-c3c4ccccc4c(N4c5ccccc5CCc5ccccc54)c4ccccc34)c3cccc1c23. The van der Waals surface area contributed by atoms with Crippen molar-refractivity contribution in [1.82, 2.24) is 0 Å². The molecule has 1 nitrogen and oxygen atoms in total. The molecule has 10 rings (SSSR count). The second-order valence-electron chi connectivity index (χ2n) is 14.0. The summed E-state index contributed by atoms with van der Waals surface area (Å²) in [6, 6.07) is 56.9. The molecule has 48 heavy (non-hydrogen) atoms. The number of benzene rings is 8. The van der Waals surface area contributed by atoms with Crippen LogP contribution in [0.4, 0.5) is 17.1 Å². The standard InChI is InChI=1S/C47H35N/c1-47(2)40-22-10-9-16-32(40)36-28-29-37(33-21-13-23-41(47)45(33)36)44-34-17-5-7-19-38(34)46(39-20-8-6-18-35(39)44)48-42-24-11-3-14-30(42)26-27-31-15-4-12-25-43(31)48/h3-25,28-29H,26-27H2,1-2H3. The first-order valence-electron chi connectivity index (χ1n) is 17.2. The van der Waals surface area contributed by atoms with Gasteiger partial charge in [-0.15, -0.1) is 0 Å². The minimum atomic E-state index is -0.0940. The van der Waals surface area contributed by atoms with E-state index in [0.29, 0.717) is 0 Å². The number of aryl methyl sites for hydroxylation is 2. The Morgan fingerprint density at radius 1 is 0.417 bits per heavy atom. The highest BCUT2D eigenvalue weighted by molar-refractivity contribution is 6.25. The lowest BCUT2D eigenvalue weighted by molar-refractivity contribution is 0.645. The van der Waals surface area contributed by atoms with Gasteiger partial charge in [-0.05, 0) is 91.0 Å². The topological polar surface area (TPSA) is 3.24 Å². The van der Waals surface area contributed by atoms with Crippen LogP contribution in [0.15, 0.2) is 152 Å². The first-order chi connectivity index (χ1) is 23.6. The van der Waals surface area contributed by atoms with Gasteiger partial charge in [0, 0.05) is 27.6 Å². The zero-order valence-electron chi connectivity index (χ0n) is 27.3. The molecular formula is C47H35N. The Labute approximate surface area is 281 Å². The van der Waals surface area contributed by atoms with Gasteiger partial charge < -0.3 is 4.90 Å². The van der Waals surface area contributed by atoms with E-state index in [1.807, 2.05) is 0 Å². The Morgan fingerprint density at radius 3 is 1.58 bits per heavy atom. The molecule has 0 saturated heterocycles. The summed E-state index contributed by atoms with van der Waals surface area (Å²) in [6.07, 6.45) is 2.05. The molecule has 0 spiro atoms. The number of hydrogen-bond donors (Lipinski definition) is 0. The van der Waals surface area contributed by atoms with Crippen LogP contribution in [-0.2, 0) is 18.3 Å². The van der Waals surface area contributed by atoms with Crippen LogP contribution in [0.2, 0.25) is 0 Å². The maximum atomic E-state index is 2.56. The Morgan fingerprint density at radius 2 is 0.917 bits per heavy atom. The molecule has 1 aliphatic carbocycles.